The summed E-state index contributed by atoms with van der Waals surface area (Å²) in [6.07, 6.45) is 0. The smallest absolute Gasteiger partial charge is 0.118 e. The molecule has 0 amide bonds. The zero-order chi connectivity index (χ0) is 47.0. The number of methoxy groups -OCH3 is 2. The summed E-state index contributed by atoms with van der Waals surface area (Å²) < 4.78 is 11.6. The highest BCUT2D eigenvalue weighted by Gasteiger charge is 2.26. The predicted molar refractivity (Wildman–Crippen MR) is 296 cm³/mol. The molecule has 0 saturated carbocycles. The lowest BCUT2D eigenvalue weighted by Gasteiger charge is -2.25. The molecule has 332 valence electrons. The van der Waals surface area contributed by atoms with Gasteiger partial charge >= 0.3 is 0 Å². The molecule has 0 aliphatic carbocycles. The Morgan fingerprint density at radius 2 is 0.571 bits per heavy atom. The Bertz CT molecular complexity index is 3810. The minimum Gasteiger partial charge on any atom is -0.497 e. The maximum Gasteiger partial charge on any atom is 0.118 e. The molecular weight excluding hydrogens is 849 g/mol. The number of rotatable bonds is 10. The number of benzene rings is 12. The zero-order valence-electron chi connectivity index (χ0n) is 39.1. The summed E-state index contributed by atoms with van der Waals surface area (Å²) in [4.78, 5) is 0. The Morgan fingerprint density at radius 3 is 1.04 bits per heavy atom. The Kier molecular flexibility index (Phi) is 11.1. The van der Waals surface area contributed by atoms with E-state index in [0.29, 0.717) is 0 Å². The molecule has 12 rings (SSSR count). The summed E-state index contributed by atoms with van der Waals surface area (Å²) in [7, 11) is 3.47. The molecule has 0 spiro atoms. The first-order chi connectivity index (χ1) is 34.6. The molecule has 0 radical (unpaired) electrons. The second-order valence-corrected chi connectivity index (χ2v) is 17.9. The van der Waals surface area contributed by atoms with Crippen molar-refractivity contribution in [2.75, 3.05) is 14.2 Å². The van der Waals surface area contributed by atoms with Gasteiger partial charge in [-0.25, -0.2) is 0 Å². The number of hydrogen-bond donors (Lipinski definition) is 0. The summed E-state index contributed by atoms with van der Waals surface area (Å²) in [5.41, 5.74) is 18.6. The quantitative estimate of drug-likeness (QED) is 0.127. The van der Waals surface area contributed by atoms with Crippen molar-refractivity contribution in [3.63, 3.8) is 0 Å². The van der Waals surface area contributed by atoms with Gasteiger partial charge in [-0.05, 0) is 170 Å². The molecule has 12 aromatic carbocycles. The second kappa shape index (κ2) is 18.3. The number of fused-ring (bicyclic) bond motifs is 3. The molecule has 0 atom stereocenters. The van der Waals surface area contributed by atoms with Crippen LogP contribution in [-0.4, -0.2) is 14.2 Å². The lowest BCUT2D eigenvalue weighted by Crippen LogP contribution is -1.98. The van der Waals surface area contributed by atoms with Crippen LogP contribution in [0.2, 0.25) is 0 Å². The molecule has 0 unspecified atom stereocenters. The molecule has 0 bridgehead atoms. The van der Waals surface area contributed by atoms with Gasteiger partial charge in [0.1, 0.15) is 11.5 Å². The Labute approximate surface area is 409 Å². The second-order valence-electron chi connectivity index (χ2n) is 17.9. The minimum atomic E-state index is 0.812. The highest BCUT2D eigenvalue weighted by Crippen LogP contribution is 2.53. The lowest BCUT2D eigenvalue weighted by molar-refractivity contribution is 0.415. The van der Waals surface area contributed by atoms with Gasteiger partial charge in [-0.3, -0.25) is 0 Å². The van der Waals surface area contributed by atoms with E-state index in [9.17, 15) is 0 Å². The Morgan fingerprint density at radius 1 is 0.229 bits per heavy atom. The van der Waals surface area contributed by atoms with E-state index < -0.39 is 0 Å². The fraction of sp³-hybridized carbons (Fsp3) is 0.0294. The summed E-state index contributed by atoms with van der Waals surface area (Å²) in [5, 5.41) is 7.05. The molecule has 0 aromatic heterocycles. The molecule has 2 heteroatoms. The van der Waals surface area contributed by atoms with E-state index in [1.54, 1.807) is 14.2 Å². The Balaban J connectivity index is 1.29. The molecule has 0 heterocycles. The van der Waals surface area contributed by atoms with E-state index in [1.807, 2.05) is 0 Å². The van der Waals surface area contributed by atoms with Crippen molar-refractivity contribution in [2.24, 2.45) is 0 Å². The largest absolute Gasteiger partial charge is 0.497 e. The topological polar surface area (TPSA) is 18.5 Å². The molecule has 0 fully saturated rings. The van der Waals surface area contributed by atoms with E-state index in [4.69, 9.17) is 9.47 Å². The first-order valence-electron chi connectivity index (χ1n) is 23.9. The summed E-state index contributed by atoms with van der Waals surface area (Å²) in [6.45, 7) is 0. The Hall–Kier alpha value is -8.98. The lowest BCUT2D eigenvalue weighted by atomic mass is 9.78. The van der Waals surface area contributed by atoms with Crippen molar-refractivity contribution in [2.45, 2.75) is 0 Å². The van der Waals surface area contributed by atoms with Gasteiger partial charge in [0.05, 0.1) is 14.2 Å². The monoisotopic (exact) mass is 896 g/mol. The molecule has 0 saturated heterocycles. The van der Waals surface area contributed by atoms with Crippen molar-refractivity contribution in [1.82, 2.24) is 0 Å². The van der Waals surface area contributed by atoms with Crippen LogP contribution < -0.4 is 9.47 Å². The van der Waals surface area contributed by atoms with Crippen LogP contribution >= 0.6 is 0 Å². The van der Waals surface area contributed by atoms with Crippen LogP contribution in [0.25, 0.3) is 121 Å². The zero-order valence-corrected chi connectivity index (χ0v) is 39.1. The van der Waals surface area contributed by atoms with Crippen LogP contribution in [0.5, 0.6) is 11.5 Å². The van der Waals surface area contributed by atoms with Gasteiger partial charge in [-0.1, -0.05) is 206 Å². The van der Waals surface area contributed by atoms with Crippen molar-refractivity contribution in [1.29, 1.82) is 0 Å². The number of ether oxygens (including phenoxy) is 2. The first-order valence-corrected chi connectivity index (χ1v) is 23.9. The van der Waals surface area contributed by atoms with Gasteiger partial charge in [-0.15, -0.1) is 0 Å². The van der Waals surface area contributed by atoms with Crippen molar-refractivity contribution in [3.8, 4) is 101 Å². The van der Waals surface area contributed by atoms with Crippen LogP contribution in [-0.2, 0) is 0 Å². The van der Waals surface area contributed by atoms with Gasteiger partial charge in [0.15, 0.2) is 0 Å². The molecule has 2 nitrogen and oxygen atoms in total. The summed E-state index contributed by atoms with van der Waals surface area (Å²) in [6, 6.07) is 92.7. The van der Waals surface area contributed by atoms with Crippen molar-refractivity contribution in [3.05, 3.63) is 255 Å². The third-order valence-electron chi connectivity index (χ3n) is 13.9. The average molecular weight is 897 g/mol. The molecule has 70 heavy (non-hydrogen) atoms. The van der Waals surface area contributed by atoms with E-state index in [2.05, 4.69) is 255 Å². The van der Waals surface area contributed by atoms with Gasteiger partial charge in [0.2, 0.25) is 0 Å². The van der Waals surface area contributed by atoms with E-state index in [1.165, 1.54) is 71.6 Å². The van der Waals surface area contributed by atoms with Crippen LogP contribution in [0.4, 0.5) is 0 Å². The standard InChI is InChI=1S/C68H48O2/c1-69-58-36-31-53(32-37-58)65-63-44-57-41-55(47-19-11-5-12-20-47)35-40-60(57)64(52-29-25-50(26-30-52)46-17-9-4-10-18-46)68(63)66(54-33-38-59(70-2)39-34-54)62-43-56(48-21-13-6-14-22-48)42-61(67(62)65)51-27-23-49(24-28-51)45-15-7-3-8-16-45/h3-44H,1-2H3. The summed E-state index contributed by atoms with van der Waals surface area (Å²) >= 11 is 0. The summed E-state index contributed by atoms with van der Waals surface area (Å²) in [5.74, 6) is 1.62. The van der Waals surface area contributed by atoms with E-state index in [0.717, 1.165) is 61.2 Å². The third kappa shape index (κ3) is 7.76. The maximum absolute atomic E-state index is 5.81. The maximum atomic E-state index is 5.81. The predicted octanol–water partition coefficient (Wildman–Crippen LogP) is 18.5. The fourth-order valence-electron chi connectivity index (χ4n) is 10.4. The highest BCUT2D eigenvalue weighted by molar-refractivity contribution is 6.31. The van der Waals surface area contributed by atoms with Crippen LogP contribution in [0.1, 0.15) is 0 Å². The third-order valence-corrected chi connectivity index (χ3v) is 13.9. The average Bonchev–Trinajstić information content (AvgIpc) is 3.44. The molecular formula is C68H48O2. The van der Waals surface area contributed by atoms with E-state index in [-0.39, 0.29) is 0 Å². The van der Waals surface area contributed by atoms with Gasteiger partial charge < -0.3 is 9.47 Å². The van der Waals surface area contributed by atoms with Crippen LogP contribution in [0.15, 0.2) is 255 Å². The van der Waals surface area contributed by atoms with Crippen molar-refractivity contribution < 1.29 is 9.47 Å². The van der Waals surface area contributed by atoms with E-state index >= 15 is 0 Å². The van der Waals surface area contributed by atoms with Crippen molar-refractivity contribution >= 4 is 32.3 Å². The molecule has 12 aromatic rings. The molecule has 0 aliphatic rings. The van der Waals surface area contributed by atoms with Crippen LogP contribution in [0, 0.1) is 0 Å². The highest BCUT2D eigenvalue weighted by atomic mass is 16.5. The molecule has 0 N–H and O–H groups in total. The van der Waals surface area contributed by atoms with Gasteiger partial charge in [0, 0.05) is 0 Å². The molecule has 0 aliphatic heterocycles. The fourth-order valence-corrected chi connectivity index (χ4v) is 10.4. The SMILES string of the molecule is COc1ccc(-c2c3cc4cc(-c5ccccc5)ccc4c(-c4ccc(-c5ccccc5)cc4)c3c(-c3ccc(OC)cc3)c3cc(-c4ccccc4)cc(-c4ccc(-c5ccccc5)cc4)c23)cc1. The number of hydrogen-bond acceptors (Lipinski definition) is 2. The van der Waals surface area contributed by atoms with Gasteiger partial charge in [-0.2, -0.15) is 0 Å². The normalized spacial score (nSPS) is 11.3. The first kappa shape index (κ1) is 42.4. The minimum absolute atomic E-state index is 0.812. The van der Waals surface area contributed by atoms with Gasteiger partial charge in [0.25, 0.3) is 0 Å². The van der Waals surface area contributed by atoms with Crippen LogP contribution in [0.3, 0.4) is 0 Å².